The molecule has 164 valence electrons. The number of nitro groups is 2. The van der Waals surface area contributed by atoms with Crippen molar-refractivity contribution in [2.45, 2.75) is 6.61 Å². The summed E-state index contributed by atoms with van der Waals surface area (Å²) < 4.78 is 11.8. The molecular weight excluding hydrogens is 486 g/mol. The number of hydrazone groups is 1. The molecule has 0 aliphatic rings. The van der Waals surface area contributed by atoms with Crippen molar-refractivity contribution in [3.05, 3.63) is 90.6 Å². The lowest BCUT2D eigenvalue weighted by Crippen LogP contribution is -2.01. The van der Waals surface area contributed by atoms with Crippen molar-refractivity contribution in [3.63, 3.8) is 0 Å². The smallest absolute Gasteiger partial charge is 0.313 e. The first-order valence-electron chi connectivity index (χ1n) is 9.01. The largest absolute Gasteiger partial charge is 0.493 e. The third-order valence-electron chi connectivity index (χ3n) is 4.12. The van der Waals surface area contributed by atoms with E-state index >= 15 is 0 Å². The zero-order chi connectivity index (χ0) is 23.1. The van der Waals surface area contributed by atoms with Crippen molar-refractivity contribution >= 4 is 39.3 Å². The molecule has 1 N–H and O–H groups in total. The summed E-state index contributed by atoms with van der Waals surface area (Å²) in [6, 6.07) is 12.3. The van der Waals surface area contributed by atoms with Gasteiger partial charge in [0.25, 0.3) is 5.69 Å². The van der Waals surface area contributed by atoms with Crippen molar-refractivity contribution in [1.29, 1.82) is 0 Å². The van der Waals surface area contributed by atoms with E-state index in [1.54, 1.807) is 24.3 Å². The first kappa shape index (κ1) is 22.6. The number of aromatic nitrogens is 1. The lowest BCUT2D eigenvalue weighted by Gasteiger charge is -2.13. The Morgan fingerprint density at radius 1 is 1.16 bits per heavy atom. The second-order valence-electron chi connectivity index (χ2n) is 6.25. The summed E-state index contributed by atoms with van der Waals surface area (Å²) in [6.07, 6.45) is 2.86. The van der Waals surface area contributed by atoms with Crippen LogP contribution in [-0.2, 0) is 6.61 Å². The average Bonchev–Trinajstić information content (AvgIpc) is 2.78. The number of nitro benzene ring substituents is 1. The van der Waals surface area contributed by atoms with Gasteiger partial charge in [-0.25, -0.2) is 4.98 Å². The van der Waals surface area contributed by atoms with Crippen LogP contribution in [0.4, 0.5) is 17.2 Å². The monoisotopic (exact) mass is 501 g/mol. The molecule has 0 amide bonds. The molecule has 0 aliphatic carbocycles. The highest BCUT2D eigenvalue weighted by Gasteiger charge is 2.14. The van der Waals surface area contributed by atoms with E-state index in [1.165, 1.54) is 43.8 Å². The van der Waals surface area contributed by atoms with Crippen LogP contribution in [0.1, 0.15) is 11.1 Å². The Morgan fingerprint density at radius 3 is 2.69 bits per heavy atom. The van der Waals surface area contributed by atoms with E-state index < -0.39 is 9.85 Å². The fraction of sp³-hybridized carbons (Fsp3) is 0.100. The van der Waals surface area contributed by atoms with Crippen LogP contribution < -0.4 is 14.9 Å². The number of methoxy groups -OCH3 is 1. The maximum Gasteiger partial charge on any atom is 0.313 e. The second-order valence-corrected chi connectivity index (χ2v) is 7.10. The fourth-order valence-electron chi connectivity index (χ4n) is 2.67. The van der Waals surface area contributed by atoms with Gasteiger partial charge in [-0.1, -0.05) is 12.1 Å². The van der Waals surface area contributed by atoms with Gasteiger partial charge in [-0.2, -0.15) is 5.10 Å². The molecule has 0 radical (unpaired) electrons. The number of ether oxygens (including phenoxy) is 2. The summed E-state index contributed by atoms with van der Waals surface area (Å²) in [5, 5.41) is 26.0. The van der Waals surface area contributed by atoms with E-state index in [1.807, 2.05) is 0 Å². The zero-order valence-corrected chi connectivity index (χ0v) is 18.2. The summed E-state index contributed by atoms with van der Waals surface area (Å²) in [6.45, 7) is 0.0922. The fourth-order valence-corrected chi connectivity index (χ4v) is 3.24. The summed E-state index contributed by atoms with van der Waals surface area (Å²) >= 11 is 3.42. The first-order chi connectivity index (χ1) is 15.4. The van der Waals surface area contributed by atoms with Crippen LogP contribution >= 0.6 is 15.9 Å². The number of anilines is 1. The molecule has 0 aliphatic heterocycles. The summed E-state index contributed by atoms with van der Waals surface area (Å²) in [7, 11) is 1.47. The quantitative estimate of drug-likeness (QED) is 0.252. The Kier molecular flexibility index (Phi) is 7.29. The molecule has 0 fully saturated rings. The van der Waals surface area contributed by atoms with Crippen molar-refractivity contribution in [2.24, 2.45) is 5.10 Å². The molecule has 0 unspecified atom stereocenters. The number of rotatable bonds is 9. The third kappa shape index (κ3) is 5.55. The highest BCUT2D eigenvalue weighted by molar-refractivity contribution is 9.10. The van der Waals surface area contributed by atoms with Crippen molar-refractivity contribution in [1.82, 2.24) is 4.98 Å². The molecule has 11 nitrogen and oxygen atoms in total. The van der Waals surface area contributed by atoms with Gasteiger partial charge >= 0.3 is 5.69 Å². The summed E-state index contributed by atoms with van der Waals surface area (Å²) in [4.78, 5) is 24.8. The number of hydrogen-bond donors (Lipinski definition) is 1. The van der Waals surface area contributed by atoms with Gasteiger partial charge in [-0.3, -0.25) is 25.7 Å². The minimum Gasteiger partial charge on any atom is -0.493 e. The van der Waals surface area contributed by atoms with Gasteiger partial charge in [0.1, 0.15) is 6.61 Å². The number of pyridine rings is 1. The lowest BCUT2D eigenvalue weighted by atomic mass is 10.2. The van der Waals surface area contributed by atoms with Gasteiger partial charge in [0, 0.05) is 24.4 Å². The molecule has 1 heterocycles. The molecule has 0 saturated carbocycles. The van der Waals surface area contributed by atoms with Crippen molar-refractivity contribution < 1.29 is 19.3 Å². The molecule has 0 atom stereocenters. The summed E-state index contributed by atoms with van der Waals surface area (Å²) in [5.74, 6) is 0.816. The lowest BCUT2D eigenvalue weighted by molar-refractivity contribution is -0.385. The van der Waals surface area contributed by atoms with E-state index in [9.17, 15) is 20.2 Å². The van der Waals surface area contributed by atoms with Gasteiger partial charge < -0.3 is 9.47 Å². The van der Waals surface area contributed by atoms with Crippen molar-refractivity contribution in [3.8, 4) is 11.5 Å². The van der Waals surface area contributed by atoms with Gasteiger partial charge in [0.05, 0.1) is 27.6 Å². The molecule has 0 spiro atoms. The maximum atomic E-state index is 11.0. The molecule has 1 aromatic heterocycles. The van der Waals surface area contributed by atoms with E-state index in [4.69, 9.17) is 9.47 Å². The molecule has 0 bridgehead atoms. The third-order valence-corrected chi connectivity index (χ3v) is 4.71. The van der Waals surface area contributed by atoms with E-state index in [2.05, 4.69) is 31.4 Å². The number of hydrogen-bond acceptors (Lipinski definition) is 9. The second kappa shape index (κ2) is 10.3. The minimum atomic E-state index is -0.558. The van der Waals surface area contributed by atoms with E-state index in [0.717, 1.165) is 0 Å². The number of nitrogens with one attached hydrogen (secondary N) is 1. The van der Waals surface area contributed by atoms with Crippen LogP contribution in [0.3, 0.4) is 0 Å². The van der Waals surface area contributed by atoms with E-state index in [0.29, 0.717) is 27.1 Å². The molecule has 12 heteroatoms. The number of nitrogens with zero attached hydrogens (tertiary/aromatic N) is 4. The molecule has 32 heavy (non-hydrogen) atoms. The van der Waals surface area contributed by atoms with Gasteiger partial charge in [0.15, 0.2) is 11.5 Å². The topological polar surface area (TPSA) is 142 Å². The predicted molar refractivity (Wildman–Crippen MR) is 120 cm³/mol. The Hall–Kier alpha value is -4.06. The average molecular weight is 502 g/mol. The standard InChI is InChI=1S/C20H16BrN5O6/c1-31-18-10-14(11-23-24-20-17(26(29)30)6-3-7-22-20)9-16(21)19(18)32-12-13-4-2-5-15(8-13)25(27)28/h2-11H,12H2,1H3,(H,22,24)/b23-11-. The van der Waals surface area contributed by atoms with Crippen LogP contribution in [0.2, 0.25) is 0 Å². The van der Waals surface area contributed by atoms with Gasteiger partial charge in [0.2, 0.25) is 5.82 Å². The van der Waals surface area contributed by atoms with Crippen LogP contribution in [-0.4, -0.2) is 28.2 Å². The van der Waals surface area contributed by atoms with Crippen molar-refractivity contribution in [2.75, 3.05) is 12.5 Å². The molecule has 3 rings (SSSR count). The minimum absolute atomic E-state index is 0.0108. The SMILES string of the molecule is COc1cc(/C=N\Nc2ncccc2[N+](=O)[O-])cc(Br)c1OCc1cccc([N+](=O)[O-])c1. The zero-order valence-electron chi connectivity index (χ0n) is 16.6. The molecule has 3 aromatic rings. The Morgan fingerprint density at radius 2 is 1.97 bits per heavy atom. The Bertz CT molecular complexity index is 1190. The Balaban J connectivity index is 1.75. The maximum absolute atomic E-state index is 11.0. The highest BCUT2D eigenvalue weighted by Crippen LogP contribution is 2.37. The molecule has 2 aromatic carbocycles. The van der Waals surface area contributed by atoms with Gasteiger partial charge in [-0.15, -0.1) is 0 Å². The number of non-ortho nitro benzene ring substituents is 1. The normalized spacial score (nSPS) is 10.7. The highest BCUT2D eigenvalue weighted by atomic mass is 79.9. The molecule has 0 saturated heterocycles. The molecular formula is C20H16BrN5O6. The predicted octanol–water partition coefficient (Wildman–Crippen LogP) is 4.69. The van der Waals surface area contributed by atoms with Crippen LogP contribution in [0.25, 0.3) is 0 Å². The Labute approximate surface area is 190 Å². The summed E-state index contributed by atoms with van der Waals surface area (Å²) in [5.41, 5.74) is 3.56. The van der Waals surface area contributed by atoms with Crippen LogP contribution in [0.5, 0.6) is 11.5 Å². The number of halogens is 1. The van der Waals surface area contributed by atoms with E-state index in [-0.39, 0.29) is 23.8 Å². The first-order valence-corrected chi connectivity index (χ1v) is 9.80. The van der Waals surface area contributed by atoms with Crippen LogP contribution in [0, 0.1) is 20.2 Å². The number of benzene rings is 2. The van der Waals surface area contributed by atoms with Crippen LogP contribution in [0.15, 0.2) is 64.3 Å². The van der Waals surface area contributed by atoms with Gasteiger partial charge in [-0.05, 0) is 45.3 Å².